The molecule has 120 valence electrons. The fourth-order valence-corrected chi connectivity index (χ4v) is 5.35. The van der Waals surface area contributed by atoms with E-state index in [4.69, 9.17) is 0 Å². The minimum absolute atomic E-state index is 0.0715. The van der Waals surface area contributed by atoms with Gasteiger partial charge in [-0.1, -0.05) is 0 Å². The summed E-state index contributed by atoms with van der Waals surface area (Å²) >= 11 is 0. The Kier molecular flexibility index (Phi) is 3.02. The van der Waals surface area contributed by atoms with Crippen LogP contribution in [0.15, 0.2) is 30.5 Å². The summed E-state index contributed by atoms with van der Waals surface area (Å²) in [5.41, 5.74) is 1.85. The first-order valence-electron chi connectivity index (χ1n) is 8.84. The molecule has 2 atom stereocenters. The summed E-state index contributed by atoms with van der Waals surface area (Å²) in [6.45, 7) is 4.67. The van der Waals surface area contributed by atoms with E-state index in [0.29, 0.717) is 5.92 Å². The SMILES string of the molecule is O=C(NCC1C2CC3CC1CN(C3)C2)c1ccc2[nH]ccc2c1. The normalized spacial score (nSPS) is 34.9. The van der Waals surface area contributed by atoms with Crippen molar-refractivity contribution in [2.24, 2.45) is 23.7 Å². The third-order valence-corrected chi connectivity index (χ3v) is 6.30. The molecule has 23 heavy (non-hydrogen) atoms. The van der Waals surface area contributed by atoms with Crippen molar-refractivity contribution < 1.29 is 4.79 Å². The molecular formula is C19H23N3O. The number of nitrogens with zero attached hydrogens (tertiary/aromatic N) is 1. The summed E-state index contributed by atoms with van der Waals surface area (Å²) in [6.07, 6.45) is 4.67. The minimum Gasteiger partial charge on any atom is -0.361 e. The zero-order valence-corrected chi connectivity index (χ0v) is 13.3. The van der Waals surface area contributed by atoms with E-state index in [-0.39, 0.29) is 5.91 Å². The maximum Gasteiger partial charge on any atom is 0.251 e. The fourth-order valence-electron chi connectivity index (χ4n) is 5.35. The number of carbonyl (C=O) groups is 1. The molecule has 0 spiro atoms. The second kappa shape index (κ2) is 5.10. The summed E-state index contributed by atoms with van der Waals surface area (Å²) in [7, 11) is 0. The van der Waals surface area contributed by atoms with Crippen molar-refractivity contribution in [1.29, 1.82) is 0 Å². The lowest BCUT2D eigenvalue weighted by molar-refractivity contribution is -0.0624. The Hall–Kier alpha value is -1.81. The molecule has 2 unspecified atom stereocenters. The van der Waals surface area contributed by atoms with Crippen LogP contribution in [0.3, 0.4) is 0 Å². The van der Waals surface area contributed by atoms with Crippen LogP contribution in [-0.4, -0.2) is 42.0 Å². The molecule has 3 aliphatic heterocycles. The lowest BCUT2D eigenvalue weighted by Crippen LogP contribution is -2.59. The van der Waals surface area contributed by atoms with E-state index in [1.165, 1.54) is 32.5 Å². The largest absolute Gasteiger partial charge is 0.361 e. The summed E-state index contributed by atoms with van der Waals surface area (Å²) in [5, 5.41) is 4.31. The van der Waals surface area contributed by atoms with Gasteiger partial charge in [0.15, 0.2) is 0 Å². The van der Waals surface area contributed by atoms with Crippen LogP contribution in [0.4, 0.5) is 0 Å². The predicted octanol–water partition coefficient (Wildman–Crippen LogP) is 2.49. The van der Waals surface area contributed by atoms with Gasteiger partial charge in [-0.05, 0) is 60.8 Å². The average Bonchev–Trinajstić information content (AvgIpc) is 3.00. The number of carbonyl (C=O) groups excluding carboxylic acids is 1. The molecule has 1 amide bonds. The quantitative estimate of drug-likeness (QED) is 0.915. The Labute approximate surface area is 136 Å². The minimum atomic E-state index is 0.0715. The van der Waals surface area contributed by atoms with Gasteiger partial charge >= 0.3 is 0 Å². The molecule has 4 aliphatic rings. The first kappa shape index (κ1) is 13.6. The van der Waals surface area contributed by atoms with Crippen LogP contribution in [0.2, 0.25) is 0 Å². The molecule has 4 bridgehead atoms. The molecule has 1 aliphatic carbocycles. The van der Waals surface area contributed by atoms with Gasteiger partial charge in [0.05, 0.1) is 0 Å². The topological polar surface area (TPSA) is 48.1 Å². The molecule has 1 aromatic heterocycles. The number of fused-ring (bicyclic) bond motifs is 1. The third kappa shape index (κ3) is 2.27. The first-order valence-corrected chi connectivity index (χ1v) is 8.84. The highest BCUT2D eigenvalue weighted by atomic mass is 16.1. The lowest BCUT2D eigenvalue weighted by Gasteiger charge is -2.56. The number of rotatable bonds is 3. The number of hydrogen-bond donors (Lipinski definition) is 2. The first-order chi connectivity index (χ1) is 11.3. The Balaban J connectivity index is 1.28. The van der Waals surface area contributed by atoms with Crippen LogP contribution in [0.5, 0.6) is 0 Å². The summed E-state index contributed by atoms with van der Waals surface area (Å²) in [4.78, 5) is 18.3. The molecule has 2 aromatic rings. The smallest absolute Gasteiger partial charge is 0.251 e. The van der Waals surface area contributed by atoms with Crippen LogP contribution in [0, 0.1) is 23.7 Å². The van der Waals surface area contributed by atoms with Crippen molar-refractivity contribution in [3.05, 3.63) is 36.0 Å². The second-order valence-electron chi connectivity index (χ2n) is 7.73. The van der Waals surface area contributed by atoms with Crippen molar-refractivity contribution in [2.75, 3.05) is 26.2 Å². The summed E-state index contributed by atoms with van der Waals surface area (Å²) in [6, 6.07) is 7.89. The maximum absolute atomic E-state index is 12.5. The molecule has 4 nitrogen and oxygen atoms in total. The van der Waals surface area contributed by atoms with Gasteiger partial charge in [-0.15, -0.1) is 0 Å². The molecular weight excluding hydrogens is 286 g/mol. The van der Waals surface area contributed by atoms with E-state index in [2.05, 4.69) is 15.2 Å². The van der Waals surface area contributed by atoms with E-state index in [1.54, 1.807) is 0 Å². The molecule has 6 rings (SSSR count). The van der Waals surface area contributed by atoms with Crippen molar-refractivity contribution in [1.82, 2.24) is 15.2 Å². The number of nitrogens with one attached hydrogen (secondary N) is 2. The standard InChI is InChI=1S/C19H23N3O/c23-19(14-1-2-18-13(7-14)3-4-20-18)21-8-17-15-5-12-6-16(17)11-22(9-12)10-15/h1-4,7,12,15-17,20H,5-6,8-11H2,(H,21,23). The van der Waals surface area contributed by atoms with Gasteiger partial charge in [0, 0.05) is 48.8 Å². The predicted molar refractivity (Wildman–Crippen MR) is 90.3 cm³/mol. The van der Waals surface area contributed by atoms with Gasteiger partial charge in [-0.2, -0.15) is 0 Å². The Morgan fingerprint density at radius 2 is 2.00 bits per heavy atom. The van der Waals surface area contributed by atoms with E-state index < -0.39 is 0 Å². The van der Waals surface area contributed by atoms with Crippen LogP contribution in [0.25, 0.3) is 10.9 Å². The number of aromatic nitrogens is 1. The van der Waals surface area contributed by atoms with Gasteiger partial charge in [0.1, 0.15) is 0 Å². The monoisotopic (exact) mass is 309 g/mol. The highest BCUT2D eigenvalue weighted by molar-refractivity contribution is 5.98. The Bertz CT molecular complexity index is 722. The zero-order valence-electron chi connectivity index (χ0n) is 13.3. The molecule has 1 saturated carbocycles. The van der Waals surface area contributed by atoms with Crippen LogP contribution < -0.4 is 5.32 Å². The maximum atomic E-state index is 12.5. The number of hydrogen-bond acceptors (Lipinski definition) is 2. The molecule has 3 saturated heterocycles. The van der Waals surface area contributed by atoms with Gasteiger partial charge in [0.25, 0.3) is 5.91 Å². The fraction of sp³-hybridized carbons (Fsp3) is 0.526. The number of amides is 1. The highest BCUT2D eigenvalue weighted by Crippen LogP contribution is 2.46. The molecule has 2 N–H and O–H groups in total. The molecule has 4 heterocycles. The second-order valence-corrected chi connectivity index (χ2v) is 7.73. The van der Waals surface area contributed by atoms with E-state index in [9.17, 15) is 4.79 Å². The van der Waals surface area contributed by atoms with Crippen molar-refractivity contribution >= 4 is 16.8 Å². The number of aromatic amines is 1. The molecule has 1 aromatic carbocycles. The van der Waals surface area contributed by atoms with Crippen molar-refractivity contribution in [3.8, 4) is 0 Å². The van der Waals surface area contributed by atoms with E-state index in [1.807, 2.05) is 30.5 Å². The van der Waals surface area contributed by atoms with Crippen LogP contribution >= 0.6 is 0 Å². The molecule has 4 heteroatoms. The van der Waals surface area contributed by atoms with E-state index in [0.717, 1.165) is 40.8 Å². The zero-order chi connectivity index (χ0) is 15.4. The molecule has 4 fully saturated rings. The lowest BCUT2D eigenvalue weighted by atomic mass is 9.62. The number of H-pyrrole nitrogens is 1. The van der Waals surface area contributed by atoms with E-state index >= 15 is 0 Å². The van der Waals surface area contributed by atoms with Gasteiger partial charge < -0.3 is 15.2 Å². The van der Waals surface area contributed by atoms with Crippen LogP contribution in [0.1, 0.15) is 23.2 Å². The van der Waals surface area contributed by atoms with Gasteiger partial charge in [0.2, 0.25) is 0 Å². The van der Waals surface area contributed by atoms with Crippen LogP contribution in [-0.2, 0) is 0 Å². The Morgan fingerprint density at radius 3 is 2.78 bits per heavy atom. The summed E-state index contributed by atoms with van der Waals surface area (Å²) < 4.78 is 0. The highest BCUT2D eigenvalue weighted by Gasteiger charge is 2.47. The van der Waals surface area contributed by atoms with Crippen molar-refractivity contribution in [3.63, 3.8) is 0 Å². The van der Waals surface area contributed by atoms with Gasteiger partial charge in [-0.25, -0.2) is 0 Å². The molecule has 0 radical (unpaired) electrons. The number of benzene rings is 1. The Morgan fingerprint density at radius 1 is 1.17 bits per heavy atom. The van der Waals surface area contributed by atoms with Crippen molar-refractivity contribution in [2.45, 2.75) is 12.8 Å². The number of piperidine rings is 3. The summed E-state index contributed by atoms with van der Waals surface area (Å²) in [5.74, 6) is 3.28. The average molecular weight is 309 g/mol. The van der Waals surface area contributed by atoms with Gasteiger partial charge in [-0.3, -0.25) is 4.79 Å². The third-order valence-electron chi connectivity index (χ3n) is 6.30.